The minimum atomic E-state index is -0.519. The van der Waals surface area contributed by atoms with Crippen molar-refractivity contribution in [3.05, 3.63) is 32.5 Å². The number of nitro groups is 1. The summed E-state index contributed by atoms with van der Waals surface area (Å²) in [6, 6.07) is 2.38. The summed E-state index contributed by atoms with van der Waals surface area (Å²) >= 11 is 2.95. The fourth-order valence-electron chi connectivity index (χ4n) is 1.83. The Kier molecular flexibility index (Phi) is 5.07. The van der Waals surface area contributed by atoms with Crippen molar-refractivity contribution < 1.29 is 9.31 Å². The van der Waals surface area contributed by atoms with E-state index < -0.39 is 10.7 Å². The lowest BCUT2D eigenvalue weighted by atomic mass is 10.0. The maximum absolute atomic E-state index is 13.4. The summed E-state index contributed by atoms with van der Waals surface area (Å²) in [7, 11) is 0. The monoisotopic (exact) mass is 318 g/mol. The van der Waals surface area contributed by atoms with Gasteiger partial charge < -0.3 is 5.32 Å². The minimum absolute atomic E-state index is 0.0456. The van der Waals surface area contributed by atoms with Crippen molar-refractivity contribution in [1.82, 2.24) is 0 Å². The lowest BCUT2D eigenvalue weighted by molar-refractivity contribution is -0.384. The van der Waals surface area contributed by atoms with Crippen molar-refractivity contribution in [2.75, 3.05) is 5.32 Å². The highest BCUT2D eigenvalue weighted by atomic mass is 79.9. The first kappa shape index (κ1) is 14.9. The zero-order valence-electron chi connectivity index (χ0n) is 10.5. The lowest BCUT2D eigenvalue weighted by Crippen LogP contribution is -2.18. The lowest BCUT2D eigenvalue weighted by Gasteiger charge is -2.17. The Morgan fingerprint density at radius 1 is 1.44 bits per heavy atom. The zero-order chi connectivity index (χ0) is 13.9. The number of nitrogens with zero attached hydrogens (tertiary/aromatic N) is 1. The second-order valence-electron chi connectivity index (χ2n) is 4.72. The number of halogens is 2. The molecule has 1 unspecified atom stereocenters. The predicted octanol–water partition coefficient (Wildman–Crippen LogP) is 4.34. The smallest absolute Gasteiger partial charge is 0.293 e. The molecule has 1 atom stereocenters. The van der Waals surface area contributed by atoms with Crippen molar-refractivity contribution in [2.45, 2.75) is 33.2 Å². The van der Waals surface area contributed by atoms with E-state index in [0.29, 0.717) is 5.92 Å². The molecule has 1 rings (SSSR count). The van der Waals surface area contributed by atoms with Crippen LogP contribution in [-0.2, 0) is 0 Å². The van der Waals surface area contributed by atoms with Crippen molar-refractivity contribution in [3.8, 4) is 0 Å². The van der Waals surface area contributed by atoms with Gasteiger partial charge in [0.25, 0.3) is 5.69 Å². The molecule has 0 amide bonds. The van der Waals surface area contributed by atoms with Gasteiger partial charge in [-0.1, -0.05) is 13.8 Å². The van der Waals surface area contributed by atoms with Crippen LogP contribution in [0.15, 0.2) is 16.6 Å². The summed E-state index contributed by atoms with van der Waals surface area (Å²) < 4.78 is 13.5. The maximum Gasteiger partial charge on any atom is 0.293 e. The van der Waals surface area contributed by atoms with Crippen LogP contribution in [0.1, 0.15) is 27.2 Å². The zero-order valence-corrected chi connectivity index (χ0v) is 12.1. The minimum Gasteiger partial charge on any atom is -0.377 e. The molecule has 18 heavy (non-hydrogen) atoms. The second-order valence-corrected chi connectivity index (χ2v) is 5.57. The topological polar surface area (TPSA) is 55.2 Å². The van der Waals surface area contributed by atoms with Crippen molar-refractivity contribution in [1.29, 1.82) is 0 Å². The Hall–Kier alpha value is -1.17. The Balaban J connectivity index is 3.00. The highest BCUT2D eigenvalue weighted by molar-refractivity contribution is 9.10. The van der Waals surface area contributed by atoms with E-state index in [-0.39, 0.29) is 21.9 Å². The largest absolute Gasteiger partial charge is 0.377 e. The van der Waals surface area contributed by atoms with Gasteiger partial charge in [-0.3, -0.25) is 10.1 Å². The van der Waals surface area contributed by atoms with Gasteiger partial charge in [-0.25, -0.2) is 4.39 Å². The summed E-state index contributed by atoms with van der Waals surface area (Å²) in [6.45, 7) is 6.05. The number of benzene rings is 1. The van der Waals surface area contributed by atoms with Crippen LogP contribution < -0.4 is 5.32 Å². The van der Waals surface area contributed by atoms with E-state index >= 15 is 0 Å². The summed E-state index contributed by atoms with van der Waals surface area (Å²) in [4.78, 5) is 10.4. The molecule has 0 saturated heterocycles. The van der Waals surface area contributed by atoms with Crippen LogP contribution in [0.3, 0.4) is 0 Å². The Labute approximate surface area is 114 Å². The van der Waals surface area contributed by atoms with Crippen LogP contribution in [0.25, 0.3) is 0 Å². The molecule has 0 aliphatic rings. The Morgan fingerprint density at radius 2 is 2.06 bits per heavy atom. The highest BCUT2D eigenvalue weighted by Gasteiger charge is 2.19. The SMILES string of the molecule is CC(C)CC(C)Nc1cc(F)c(Br)cc1[N+](=O)[O-]. The first-order valence-electron chi connectivity index (χ1n) is 5.71. The molecule has 1 aromatic rings. The summed E-state index contributed by atoms with van der Waals surface area (Å²) in [5.74, 6) is -0.0494. The maximum atomic E-state index is 13.4. The van der Waals surface area contributed by atoms with Crippen LogP contribution in [0.5, 0.6) is 0 Å². The fourth-order valence-corrected chi connectivity index (χ4v) is 2.17. The van der Waals surface area contributed by atoms with Gasteiger partial charge in [0.2, 0.25) is 0 Å². The number of hydrogen-bond donors (Lipinski definition) is 1. The summed E-state index contributed by atoms with van der Waals surface area (Å²) in [6.07, 6.45) is 0.856. The van der Waals surface area contributed by atoms with Gasteiger partial charge in [-0.05, 0) is 35.2 Å². The number of anilines is 1. The third-order valence-corrected chi connectivity index (χ3v) is 3.07. The van der Waals surface area contributed by atoms with E-state index in [4.69, 9.17) is 0 Å². The molecular weight excluding hydrogens is 303 g/mol. The normalized spacial score (nSPS) is 12.6. The van der Waals surface area contributed by atoms with Crippen LogP contribution in [-0.4, -0.2) is 11.0 Å². The van der Waals surface area contributed by atoms with E-state index in [0.717, 1.165) is 12.5 Å². The molecule has 0 aromatic heterocycles. The molecule has 0 fully saturated rings. The summed E-state index contributed by atoms with van der Waals surface area (Å²) in [5.41, 5.74) is 0.0905. The number of nitrogens with one attached hydrogen (secondary N) is 1. The van der Waals surface area contributed by atoms with Crippen molar-refractivity contribution in [2.24, 2.45) is 5.92 Å². The van der Waals surface area contributed by atoms with E-state index in [9.17, 15) is 14.5 Å². The standard InChI is InChI=1S/C12H16BrFN2O2/c1-7(2)4-8(3)15-11-6-10(14)9(13)5-12(11)16(17)18/h5-8,15H,4H2,1-3H3. The van der Waals surface area contributed by atoms with Gasteiger partial charge in [0, 0.05) is 18.2 Å². The molecule has 1 aromatic carbocycles. The third-order valence-electron chi connectivity index (χ3n) is 2.46. The summed E-state index contributed by atoms with van der Waals surface area (Å²) in [5, 5.41) is 13.9. The molecule has 100 valence electrons. The average Bonchev–Trinajstić information content (AvgIpc) is 2.21. The highest BCUT2D eigenvalue weighted by Crippen LogP contribution is 2.31. The van der Waals surface area contributed by atoms with Gasteiger partial charge in [0.05, 0.1) is 9.40 Å². The molecule has 6 heteroatoms. The average molecular weight is 319 g/mol. The van der Waals surface area contributed by atoms with Crippen LogP contribution in [0.2, 0.25) is 0 Å². The number of hydrogen-bond acceptors (Lipinski definition) is 3. The second kappa shape index (κ2) is 6.13. The molecule has 0 heterocycles. The van der Waals surface area contributed by atoms with Gasteiger partial charge in [0.1, 0.15) is 11.5 Å². The molecule has 0 radical (unpaired) electrons. The van der Waals surface area contributed by atoms with Gasteiger partial charge in [-0.2, -0.15) is 0 Å². The Morgan fingerprint density at radius 3 is 2.56 bits per heavy atom. The molecule has 0 spiro atoms. The fraction of sp³-hybridized carbons (Fsp3) is 0.500. The quantitative estimate of drug-likeness (QED) is 0.649. The van der Waals surface area contributed by atoms with E-state index in [1.807, 2.05) is 6.92 Å². The van der Waals surface area contributed by atoms with E-state index in [1.54, 1.807) is 0 Å². The van der Waals surface area contributed by atoms with Gasteiger partial charge in [0.15, 0.2) is 0 Å². The van der Waals surface area contributed by atoms with Crippen LogP contribution in [0.4, 0.5) is 15.8 Å². The first-order chi connectivity index (χ1) is 8.31. The van der Waals surface area contributed by atoms with E-state index in [1.165, 1.54) is 6.07 Å². The molecule has 4 nitrogen and oxygen atoms in total. The molecule has 0 aliphatic carbocycles. The third kappa shape index (κ3) is 3.94. The van der Waals surface area contributed by atoms with Gasteiger partial charge >= 0.3 is 0 Å². The van der Waals surface area contributed by atoms with Crippen LogP contribution in [0, 0.1) is 21.8 Å². The number of nitro benzene ring substituents is 1. The predicted molar refractivity (Wildman–Crippen MR) is 73.3 cm³/mol. The van der Waals surface area contributed by atoms with Crippen molar-refractivity contribution >= 4 is 27.3 Å². The first-order valence-corrected chi connectivity index (χ1v) is 6.50. The van der Waals surface area contributed by atoms with E-state index in [2.05, 4.69) is 35.1 Å². The molecule has 0 bridgehead atoms. The number of rotatable bonds is 5. The molecule has 0 saturated carbocycles. The molecule has 1 N–H and O–H groups in total. The molecular formula is C12H16BrFN2O2. The van der Waals surface area contributed by atoms with Gasteiger partial charge in [-0.15, -0.1) is 0 Å². The Bertz CT molecular complexity index is 452. The molecule has 0 aliphatic heterocycles. The van der Waals surface area contributed by atoms with Crippen LogP contribution >= 0.6 is 15.9 Å². The van der Waals surface area contributed by atoms with Crippen molar-refractivity contribution in [3.63, 3.8) is 0 Å².